The summed E-state index contributed by atoms with van der Waals surface area (Å²) in [6.07, 6.45) is 1.34. The van der Waals surface area contributed by atoms with Crippen molar-refractivity contribution in [2.45, 2.75) is 6.92 Å². The first-order chi connectivity index (χ1) is 13.0. The molecule has 1 N–H and O–H groups in total. The summed E-state index contributed by atoms with van der Waals surface area (Å²) in [5.41, 5.74) is 0.669. The van der Waals surface area contributed by atoms with E-state index in [4.69, 9.17) is 0 Å². The van der Waals surface area contributed by atoms with E-state index < -0.39 is 29.0 Å². The summed E-state index contributed by atoms with van der Waals surface area (Å²) in [5, 5.41) is 2.21. The van der Waals surface area contributed by atoms with E-state index in [1.165, 1.54) is 12.3 Å². The van der Waals surface area contributed by atoms with Gasteiger partial charge < -0.3 is 10.2 Å². The van der Waals surface area contributed by atoms with E-state index in [0.717, 1.165) is 17.8 Å². The van der Waals surface area contributed by atoms with Crippen molar-refractivity contribution in [2.24, 2.45) is 0 Å². The molecule has 0 aliphatic rings. The van der Waals surface area contributed by atoms with Gasteiger partial charge in [0.15, 0.2) is 17.5 Å². The molecule has 3 rings (SSSR count). The minimum Gasteiger partial charge on any atom is -0.327 e. The molecule has 0 unspecified atom stereocenters. The molecule has 27 heavy (non-hydrogen) atoms. The number of anilines is 3. The fourth-order valence-corrected chi connectivity index (χ4v) is 2.58. The minimum absolute atomic E-state index is 0.159. The lowest BCUT2D eigenvalue weighted by Crippen LogP contribution is -2.18. The smallest absolute Gasteiger partial charge is 0.257 e. The van der Waals surface area contributed by atoms with E-state index in [1.54, 1.807) is 6.07 Å². The van der Waals surface area contributed by atoms with Gasteiger partial charge in [-0.3, -0.25) is 4.79 Å². The summed E-state index contributed by atoms with van der Waals surface area (Å²) in [6.45, 7) is 2.64. The van der Waals surface area contributed by atoms with E-state index in [-0.39, 0.29) is 5.56 Å². The summed E-state index contributed by atoms with van der Waals surface area (Å²) >= 11 is 0. The molecule has 138 valence electrons. The summed E-state index contributed by atoms with van der Waals surface area (Å²) < 4.78 is 39.9. The standard InChI is InChI=1S/C20H16F3N3O/c1-2-26(14-6-4-3-5-7-14)17-11-8-13(12-24-17)20(27)25-16-10-9-15(21)18(22)19(16)23/h3-12H,2H2,1H3,(H,25,27). The van der Waals surface area contributed by atoms with Crippen LogP contribution in [0.3, 0.4) is 0 Å². The molecule has 0 spiro atoms. The van der Waals surface area contributed by atoms with Gasteiger partial charge in [-0.2, -0.15) is 0 Å². The first-order valence-corrected chi connectivity index (χ1v) is 8.24. The molecule has 0 bridgehead atoms. The van der Waals surface area contributed by atoms with Crippen LogP contribution in [-0.4, -0.2) is 17.4 Å². The summed E-state index contributed by atoms with van der Waals surface area (Å²) in [5.74, 6) is -4.45. The van der Waals surface area contributed by atoms with Crippen LogP contribution in [0.2, 0.25) is 0 Å². The molecule has 1 amide bonds. The molecule has 0 aliphatic carbocycles. The first-order valence-electron chi connectivity index (χ1n) is 8.24. The van der Waals surface area contributed by atoms with Gasteiger partial charge in [0.05, 0.1) is 11.3 Å². The highest BCUT2D eigenvalue weighted by Crippen LogP contribution is 2.24. The van der Waals surface area contributed by atoms with Crippen LogP contribution >= 0.6 is 0 Å². The number of carbonyl (C=O) groups excluding carboxylic acids is 1. The second-order valence-corrected chi connectivity index (χ2v) is 5.66. The van der Waals surface area contributed by atoms with Gasteiger partial charge in [0.1, 0.15) is 5.82 Å². The van der Waals surface area contributed by atoms with Crippen LogP contribution < -0.4 is 10.2 Å². The molecule has 4 nitrogen and oxygen atoms in total. The first kappa shape index (κ1) is 18.4. The van der Waals surface area contributed by atoms with Crippen molar-refractivity contribution in [1.29, 1.82) is 0 Å². The summed E-state index contributed by atoms with van der Waals surface area (Å²) in [4.78, 5) is 18.5. The van der Waals surface area contributed by atoms with Gasteiger partial charge in [-0.05, 0) is 43.3 Å². The number of amides is 1. The number of hydrogen-bond donors (Lipinski definition) is 1. The molecule has 0 saturated carbocycles. The molecule has 0 aliphatic heterocycles. The van der Waals surface area contributed by atoms with Crippen molar-refractivity contribution in [1.82, 2.24) is 4.98 Å². The Bertz CT molecular complexity index is 947. The maximum Gasteiger partial charge on any atom is 0.257 e. The van der Waals surface area contributed by atoms with Crippen LogP contribution in [0.15, 0.2) is 60.8 Å². The maximum absolute atomic E-state index is 13.7. The molecule has 0 radical (unpaired) electrons. The number of pyridine rings is 1. The van der Waals surface area contributed by atoms with Crippen molar-refractivity contribution >= 4 is 23.1 Å². The van der Waals surface area contributed by atoms with Crippen LogP contribution in [0.4, 0.5) is 30.4 Å². The Balaban J connectivity index is 1.79. The van der Waals surface area contributed by atoms with Crippen LogP contribution in [0.1, 0.15) is 17.3 Å². The van der Waals surface area contributed by atoms with E-state index >= 15 is 0 Å². The highest BCUT2D eigenvalue weighted by atomic mass is 19.2. The molecule has 0 atom stereocenters. The van der Waals surface area contributed by atoms with Gasteiger partial charge in [0.25, 0.3) is 5.91 Å². The van der Waals surface area contributed by atoms with Gasteiger partial charge in [-0.25, -0.2) is 18.2 Å². The number of para-hydroxylation sites is 1. The predicted molar refractivity (Wildman–Crippen MR) is 97.6 cm³/mol. The molecule has 0 saturated heterocycles. The lowest BCUT2D eigenvalue weighted by molar-refractivity contribution is 0.102. The predicted octanol–water partition coefficient (Wildman–Crippen LogP) is 4.91. The van der Waals surface area contributed by atoms with Gasteiger partial charge in [-0.1, -0.05) is 18.2 Å². The summed E-state index contributed by atoms with van der Waals surface area (Å²) in [6, 6.07) is 14.5. The number of aromatic nitrogens is 1. The Morgan fingerprint density at radius 1 is 1.00 bits per heavy atom. The molecule has 1 aromatic heterocycles. The fraction of sp³-hybridized carbons (Fsp3) is 0.100. The molecule has 7 heteroatoms. The highest BCUT2D eigenvalue weighted by Gasteiger charge is 2.16. The van der Waals surface area contributed by atoms with Gasteiger partial charge in [0, 0.05) is 18.4 Å². The topological polar surface area (TPSA) is 45.2 Å². The fourth-order valence-electron chi connectivity index (χ4n) is 2.58. The zero-order chi connectivity index (χ0) is 19.4. The maximum atomic E-state index is 13.7. The summed E-state index contributed by atoms with van der Waals surface area (Å²) in [7, 11) is 0. The normalized spacial score (nSPS) is 10.5. The number of halogens is 3. The van der Waals surface area contributed by atoms with Crippen molar-refractivity contribution in [2.75, 3.05) is 16.8 Å². The molecule has 2 aromatic carbocycles. The Kier molecular flexibility index (Phi) is 5.40. The minimum atomic E-state index is -1.64. The van der Waals surface area contributed by atoms with Crippen LogP contribution in [0.5, 0.6) is 0 Å². The van der Waals surface area contributed by atoms with Crippen molar-refractivity contribution in [3.05, 3.63) is 83.8 Å². The van der Waals surface area contributed by atoms with Gasteiger partial charge in [0.2, 0.25) is 0 Å². The molecular formula is C20H16F3N3O. The van der Waals surface area contributed by atoms with Crippen molar-refractivity contribution in [3.8, 4) is 0 Å². The zero-order valence-electron chi connectivity index (χ0n) is 14.4. The Morgan fingerprint density at radius 3 is 2.37 bits per heavy atom. The van der Waals surface area contributed by atoms with Crippen LogP contribution in [0.25, 0.3) is 0 Å². The lowest BCUT2D eigenvalue weighted by atomic mass is 10.2. The largest absolute Gasteiger partial charge is 0.327 e. The number of carbonyl (C=O) groups is 1. The quantitative estimate of drug-likeness (QED) is 0.648. The number of nitrogens with zero attached hydrogens (tertiary/aromatic N) is 2. The number of nitrogens with one attached hydrogen (secondary N) is 1. The van der Waals surface area contributed by atoms with E-state index in [1.807, 2.05) is 42.2 Å². The third kappa shape index (κ3) is 3.92. The van der Waals surface area contributed by atoms with E-state index in [0.29, 0.717) is 12.4 Å². The number of benzene rings is 2. The highest BCUT2D eigenvalue weighted by molar-refractivity contribution is 6.04. The second kappa shape index (κ2) is 7.90. The average molecular weight is 371 g/mol. The third-order valence-corrected chi connectivity index (χ3v) is 3.95. The lowest BCUT2D eigenvalue weighted by Gasteiger charge is -2.22. The van der Waals surface area contributed by atoms with E-state index in [9.17, 15) is 18.0 Å². The molecule has 0 fully saturated rings. The second-order valence-electron chi connectivity index (χ2n) is 5.66. The zero-order valence-corrected chi connectivity index (χ0v) is 14.4. The van der Waals surface area contributed by atoms with Crippen LogP contribution in [-0.2, 0) is 0 Å². The molecule has 3 aromatic rings. The van der Waals surface area contributed by atoms with Gasteiger partial charge >= 0.3 is 0 Å². The number of hydrogen-bond acceptors (Lipinski definition) is 3. The monoisotopic (exact) mass is 371 g/mol. The average Bonchev–Trinajstić information content (AvgIpc) is 2.70. The Labute approximate surface area is 154 Å². The van der Waals surface area contributed by atoms with Crippen molar-refractivity contribution in [3.63, 3.8) is 0 Å². The van der Waals surface area contributed by atoms with Gasteiger partial charge in [-0.15, -0.1) is 0 Å². The van der Waals surface area contributed by atoms with Crippen LogP contribution in [0, 0.1) is 17.5 Å². The Morgan fingerprint density at radius 2 is 1.74 bits per heavy atom. The third-order valence-electron chi connectivity index (χ3n) is 3.95. The number of rotatable bonds is 5. The molecule has 1 heterocycles. The SMILES string of the molecule is CCN(c1ccccc1)c1ccc(C(=O)Nc2ccc(F)c(F)c2F)cn1. The van der Waals surface area contributed by atoms with Crippen molar-refractivity contribution < 1.29 is 18.0 Å². The van der Waals surface area contributed by atoms with E-state index in [2.05, 4.69) is 10.3 Å². The Hall–Kier alpha value is -3.35. The molecular weight excluding hydrogens is 355 g/mol.